The number of rotatable bonds is 12. The zero-order chi connectivity index (χ0) is 22.6. The summed E-state index contributed by atoms with van der Waals surface area (Å²) in [5.41, 5.74) is 2.98. The van der Waals surface area contributed by atoms with Crippen molar-refractivity contribution >= 4 is 17.7 Å². The number of esters is 1. The van der Waals surface area contributed by atoms with Crippen LogP contribution >= 0.6 is 0 Å². The number of ketones is 1. The van der Waals surface area contributed by atoms with Crippen molar-refractivity contribution in [1.29, 1.82) is 0 Å². The van der Waals surface area contributed by atoms with E-state index in [2.05, 4.69) is 12.2 Å². The molecule has 0 saturated heterocycles. The van der Waals surface area contributed by atoms with Crippen molar-refractivity contribution in [3.05, 3.63) is 64.7 Å². The second kappa shape index (κ2) is 12.5. The zero-order valence-electron chi connectivity index (χ0n) is 18.5. The van der Waals surface area contributed by atoms with Crippen LogP contribution in [-0.4, -0.2) is 37.4 Å². The molecule has 31 heavy (non-hydrogen) atoms. The highest BCUT2D eigenvalue weighted by Gasteiger charge is 2.15. The number of carbonyl (C=O) groups is 3. The molecular formula is C25H31NO5. The molecule has 0 bridgehead atoms. The van der Waals surface area contributed by atoms with Gasteiger partial charge in [0.05, 0.1) is 6.61 Å². The summed E-state index contributed by atoms with van der Waals surface area (Å²) in [6.07, 6.45) is 3.56. The zero-order valence-corrected chi connectivity index (χ0v) is 18.5. The molecule has 2 rings (SSSR count). The standard InChI is InChI=1S/C25H31NO5/c1-4-7-14-30-21-12-10-20(11-13-21)25(29)26-16-24(28)31-17-23(27)22-15-18(5-2)8-9-19(22)6-3/h8-13,15H,4-7,14,16-17H2,1-3H3,(H,26,29). The number of aryl methyl sites for hydroxylation is 2. The highest BCUT2D eigenvalue weighted by atomic mass is 16.5. The molecule has 0 aliphatic rings. The molecule has 0 heterocycles. The predicted molar refractivity (Wildman–Crippen MR) is 120 cm³/mol. The summed E-state index contributed by atoms with van der Waals surface area (Å²) >= 11 is 0. The number of hydrogen-bond acceptors (Lipinski definition) is 5. The van der Waals surface area contributed by atoms with Gasteiger partial charge in [0.1, 0.15) is 12.3 Å². The van der Waals surface area contributed by atoms with Gasteiger partial charge < -0.3 is 14.8 Å². The molecule has 1 amide bonds. The van der Waals surface area contributed by atoms with Gasteiger partial charge in [0, 0.05) is 11.1 Å². The van der Waals surface area contributed by atoms with Crippen LogP contribution in [0, 0.1) is 0 Å². The second-order valence-electron chi connectivity index (χ2n) is 7.19. The molecular weight excluding hydrogens is 394 g/mol. The quantitative estimate of drug-likeness (QED) is 0.314. The van der Waals surface area contributed by atoms with Gasteiger partial charge in [-0.25, -0.2) is 0 Å². The van der Waals surface area contributed by atoms with Crippen molar-refractivity contribution in [2.75, 3.05) is 19.8 Å². The van der Waals surface area contributed by atoms with Crippen LogP contribution in [0.2, 0.25) is 0 Å². The van der Waals surface area contributed by atoms with E-state index in [1.54, 1.807) is 24.3 Å². The first-order valence-corrected chi connectivity index (χ1v) is 10.8. The summed E-state index contributed by atoms with van der Waals surface area (Å²) in [6, 6.07) is 12.5. The van der Waals surface area contributed by atoms with Gasteiger partial charge in [0.25, 0.3) is 5.91 Å². The molecule has 0 unspecified atom stereocenters. The maximum absolute atomic E-state index is 12.5. The Labute approximate surface area is 183 Å². The number of carbonyl (C=O) groups excluding carboxylic acids is 3. The Morgan fingerprint density at radius 2 is 1.68 bits per heavy atom. The van der Waals surface area contributed by atoms with Crippen molar-refractivity contribution in [2.24, 2.45) is 0 Å². The van der Waals surface area contributed by atoms with Crippen LogP contribution in [-0.2, 0) is 22.4 Å². The van der Waals surface area contributed by atoms with Gasteiger partial charge in [0.2, 0.25) is 5.78 Å². The lowest BCUT2D eigenvalue weighted by Gasteiger charge is -2.10. The monoisotopic (exact) mass is 425 g/mol. The maximum atomic E-state index is 12.5. The van der Waals surface area contributed by atoms with Crippen molar-refractivity contribution < 1.29 is 23.9 Å². The Bertz CT molecular complexity index is 889. The molecule has 0 fully saturated rings. The normalized spacial score (nSPS) is 10.4. The van der Waals surface area contributed by atoms with Crippen molar-refractivity contribution in [3.63, 3.8) is 0 Å². The molecule has 0 spiro atoms. The largest absolute Gasteiger partial charge is 0.494 e. The van der Waals surface area contributed by atoms with Crippen LogP contribution in [0.4, 0.5) is 0 Å². The Kier molecular flexibility index (Phi) is 9.75. The average molecular weight is 426 g/mol. The minimum atomic E-state index is -0.661. The van der Waals surface area contributed by atoms with Crippen LogP contribution in [0.15, 0.2) is 42.5 Å². The Hall–Kier alpha value is -3.15. The summed E-state index contributed by atoms with van der Waals surface area (Å²) in [4.78, 5) is 36.7. The predicted octanol–water partition coefficient (Wildman–Crippen LogP) is 4.15. The minimum absolute atomic E-state index is 0.245. The fraction of sp³-hybridized carbons (Fsp3) is 0.400. The second-order valence-corrected chi connectivity index (χ2v) is 7.19. The van der Waals surface area contributed by atoms with Crippen LogP contribution in [0.5, 0.6) is 5.75 Å². The van der Waals surface area contributed by atoms with Gasteiger partial charge in [-0.3, -0.25) is 14.4 Å². The molecule has 6 nitrogen and oxygen atoms in total. The van der Waals surface area contributed by atoms with Gasteiger partial charge >= 0.3 is 5.97 Å². The number of ether oxygens (including phenoxy) is 2. The highest BCUT2D eigenvalue weighted by molar-refractivity contribution is 6.00. The van der Waals surface area contributed by atoms with Crippen molar-refractivity contribution in [2.45, 2.75) is 46.5 Å². The highest BCUT2D eigenvalue weighted by Crippen LogP contribution is 2.15. The van der Waals surface area contributed by atoms with Crippen LogP contribution in [0.25, 0.3) is 0 Å². The first-order valence-electron chi connectivity index (χ1n) is 10.8. The van der Waals surface area contributed by atoms with E-state index >= 15 is 0 Å². The van der Waals surface area contributed by atoms with Gasteiger partial charge in [-0.05, 0) is 60.7 Å². The summed E-state index contributed by atoms with van der Waals surface area (Å²) in [7, 11) is 0. The number of nitrogens with one attached hydrogen (secondary N) is 1. The third-order valence-corrected chi connectivity index (χ3v) is 4.90. The Balaban J connectivity index is 1.81. The Morgan fingerprint density at radius 3 is 2.32 bits per heavy atom. The van der Waals surface area contributed by atoms with Crippen LogP contribution in [0.1, 0.15) is 65.5 Å². The summed E-state index contributed by atoms with van der Waals surface area (Å²) < 4.78 is 10.6. The van der Waals surface area contributed by atoms with E-state index in [1.165, 1.54) is 0 Å². The molecule has 2 aromatic rings. The first kappa shape index (κ1) is 24.1. The average Bonchev–Trinajstić information content (AvgIpc) is 2.81. The maximum Gasteiger partial charge on any atom is 0.325 e. The van der Waals surface area contributed by atoms with Gasteiger partial charge in [-0.2, -0.15) is 0 Å². The van der Waals surface area contributed by atoms with E-state index in [0.717, 1.165) is 36.8 Å². The molecule has 6 heteroatoms. The third kappa shape index (κ3) is 7.55. The van der Waals surface area contributed by atoms with Crippen LogP contribution < -0.4 is 10.1 Å². The molecule has 0 saturated carbocycles. The number of benzene rings is 2. The number of hydrogen-bond donors (Lipinski definition) is 1. The van der Waals surface area contributed by atoms with E-state index in [4.69, 9.17) is 9.47 Å². The summed E-state index contributed by atoms with van der Waals surface area (Å²) in [6.45, 7) is 6.06. The molecule has 0 aliphatic heterocycles. The summed E-state index contributed by atoms with van der Waals surface area (Å²) in [5, 5.41) is 2.51. The summed E-state index contributed by atoms with van der Waals surface area (Å²) in [5.74, 6) is -0.606. The molecule has 0 atom stereocenters. The number of unbranched alkanes of at least 4 members (excludes halogenated alkanes) is 1. The van der Waals surface area contributed by atoms with Gasteiger partial charge in [-0.1, -0.05) is 39.3 Å². The lowest BCUT2D eigenvalue weighted by atomic mass is 9.98. The lowest BCUT2D eigenvalue weighted by molar-refractivity contribution is -0.141. The SMILES string of the molecule is CCCCOc1ccc(C(=O)NCC(=O)OCC(=O)c2cc(CC)ccc2CC)cc1. The smallest absolute Gasteiger partial charge is 0.325 e. The van der Waals surface area contributed by atoms with Gasteiger partial charge in [-0.15, -0.1) is 0 Å². The van der Waals surface area contributed by atoms with E-state index in [0.29, 0.717) is 23.5 Å². The lowest BCUT2D eigenvalue weighted by Crippen LogP contribution is -2.31. The van der Waals surface area contributed by atoms with Crippen molar-refractivity contribution in [3.8, 4) is 5.75 Å². The van der Waals surface area contributed by atoms with Crippen molar-refractivity contribution in [1.82, 2.24) is 5.32 Å². The topological polar surface area (TPSA) is 81.7 Å². The van der Waals surface area contributed by atoms with E-state index in [1.807, 2.05) is 32.0 Å². The molecule has 2 aromatic carbocycles. The minimum Gasteiger partial charge on any atom is -0.494 e. The third-order valence-electron chi connectivity index (χ3n) is 4.90. The molecule has 0 aliphatic carbocycles. The first-order chi connectivity index (χ1) is 15.0. The molecule has 166 valence electrons. The molecule has 0 radical (unpaired) electrons. The number of Topliss-reactive ketones (excluding diaryl/α,β-unsaturated/α-hetero) is 1. The van der Waals surface area contributed by atoms with E-state index < -0.39 is 11.9 Å². The molecule has 1 N–H and O–H groups in total. The fourth-order valence-corrected chi connectivity index (χ4v) is 2.98. The fourth-order valence-electron chi connectivity index (χ4n) is 2.98. The van der Waals surface area contributed by atoms with Gasteiger partial charge in [0.15, 0.2) is 6.61 Å². The number of amides is 1. The Morgan fingerprint density at radius 1 is 0.935 bits per heavy atom. The van der Waals surface area contributed by atoms with Crippen LogP contribution in [0.3, 0.4) is 0 Å². The van der Waals surface area contributed by atoms with E-state index in [-0.39, 0.29) is 18.9 Å². The van der Waals surface area contributed by atoms with E-state index in [9.17, 15) is 14.4 Å². The molecule has 0 aromatic heterocycles.